The van der Waals surface area contributed by atoms with E-state index >= 15 is 0 Å². The first-order valence-corrected chi connectivity index (χ1v) is 8.11. The topological polar surface area (TPSA) is 117 Å². The lowest BCUT2D eigenvalue weighted by Crippen LogP contribution is -2.43. The highest BCUT2D eigenvalue weighted by molar-refractivity contribution is 5.43. The Labute approximate surface area is 139 Å². The molecular formula is C14H22N8O2. The lowest BCUT2D eigenvalue weighted by atomic mass is 10.2. The molecule has 130 valence electrons. The van der Waals surface area contributed by atoms with Crippen LogP contribution < -0.4 is 16.2 Å². The molecule has 0 aliphatic carbocycles. The van der Waals surface area contributed by atoms with Gasteiger partial charge in [0.25, 0.3) is 5.56 Å². The Morgan fingerprint density at radius 1 is 1.38 bits per heavy atom. The predicted molar refractivity (Wildman–Crippen MR) is 86.6 cm³/mol. The molecular weight excluding hydrogens is 312 g/mol. The van der Waals surface area contributed by atoms with Crippen molar-refractivity contribution in [2.75, 3.05) is 31.1 Å². The highest BCUT2D eigenvalue weighted by atomic mass is 16.5. The molecule has 10 heteroatoms. The van der Waals surface area contributed by atoms with Crippen LogP contribution in [0, 0.1) is 0 Å². The molecule has 3 rings (SSSR count). The van der Waals surface area contributed by atoms with Crippen molar-refractivity contribution in [1.82, 2.24) is 30.0 Å². The van der Waals surface area contributed by atoms with Gasteiger partial charge in [0.1, 0.15) is 6.33 Å². The first-order chi connectivity index (χ1) is 11.8. The van der Waals surface area contributed by atoms with Crippen LogP contribution >= 0.6 is 0 Å². The van der Waals surface area contributed by atoms with E-state index < -0.39 is 0 Å². The number of anilines is 1. The van der Waals surface area contributed by atoms with Crippen molar-refractivity contribution in [3.05, 3.63) is 28.9 Å². The van der Waals surface area contributed by atoms with Gasteiger partial charge in [0, 0.05) is 32.2 Å². The van der Waals surface area contributed by atoms with Gasteiger partial charge in [-0.3, -0.25) is 4.79 Å². The van der Waals surface area contributed by atoms with Crippen LogP contribution in [-0.4, -0.2) is 62.3 Å². The Bertz CT molecular complexity index is 684. The van der Waals surface area contributed by atoms with E-state index in [1.165, 1.54) is 4.68 Å². The summed E-state index contributed by atoms with van der Waals surface area (Å²) in [5.74, 6) is 0. The largest absolute Gasteiger partial charge is 0.374 e. The minimum Gasteiger partial charge on any atom is -0.374 e. The Morgan fingerprint density at radius 2 is 2.29 bits per heavy atom. The number of morpholine rings is 1. The van der Waals surface area contributed by atoms with Gasteiger partial charge in [-0.2, -0.15) is 5.10 Å². The lowest BCUT2D eigenvalue weighted by Gasteiger charge is -2.34. The zero-order chi connectivity index (χ0) is 16.8. The third-order valence-corrected chi connectivity index (χ3v) is 4.00. The summed E-state index contributed by atoms with van der Waals surface area (Å²) in [4.78, 5) is 14.4. The minimum atomic E-state index is -0.105. The number of nitrogens with two attached hydrogens (primary N) is 1. The molecule has 0 bridgehead atoms. The molecule has 1 aliphatic heterocycles. The van der Waals surface area contributed by atoms with Crippen molar-refractivity contribution < 1.29 is 4.74 Å². The minimum absolute atomic E-state index is 0.105. The SMILES string of the molecule is NCCC1CN(c2cnn(CCCn3cnnn3)c(=O)c2)CCO1. The average molecular weight is 334 g/mol. The lowest BCUT2D eigenvalue weighted by molar-refractivity contribution is 0.0368. The zero-order valence-electron chi connectivity index (χ0n) is 13.5. The van der Waals surface area contributed by atoms with Gasteiger partial charge in [0.15, 0.2) is 0 Å². The van der Waals surface area contributed by atoms with Crippen LogP contribution in [0.1, 0.15) is 12.8 Å². The number of hydrogen-bond acceptors (Lipinski definition) is 8. The Hall–Kier alpha value is -2.33. The van der Waals surface area contributed by atoms with Gasteiger partial charge in [-0.05, 0) is 29.8 Å². The van der Waals surface area contributed by atoms with E-state index in [1.54, 1.807) is 23.3 Å². The summed E-state index contributed by atoms with van der Waals surface area (Å²) in [6.07, 6.45) is 4.95. The number of aryl methyl sites for hydroxylation is 2. The van der Waals surface area contributed by atoms with Gasteiger partial charge in [0.2, 0.25) is 0 Å². The molecule has 2 aromatic rings. The summed E-state index contributed by atoms with van der Waals surface area (Å²) >= 11 is 0. The van der Waals surface area contributed by atoms with E-state index in [4.69, 9.17) is 10.5 Å². The van der Waals surface area contributed by atoms with Crippen LogP contribution in [-0.2, 0) is 17.8 Å². The maximum atomic E-state index is 12.3. The van der Waals surface area contributed by atoms with Gasteiger partial charge >= 0.3 is 0 Å². The number of rotatable bonds is 7. The molecule has 1 fully saturated rings. The van der Waals surface area contributed by atoms with E-state index in [0.717, 1.165) is 31.6 Å². The molecule has 24 heavy (non-hydrogen) atoms. The molecule has 1 atom stereocenters. The van der Waals surface area contributed by atoms with Gasteiger partial charge in [-0.1, -0.05) is 0 Å². The molecule has 0 spiro atoms. The quantitative estimate of drug-likeness (QED) is 0.676. The van der Waals surface area contributed by atoms with Crippen molar-refractivity contribution in [2.24, 2.45) is 5.73 Å². The van der Waals surface area contributed by atoms with Gasteiger partial charge < -0.3 is 15.4 Å². The molecule has 1 unspecified atom stereocenters. The molecule has 1 saturated heterocycles. The van der Waals surface area contributed by atoms with Crippen molar-refractivity contribution in [2.45, 2.75) is 32.0 Å². The van der Waals surface area contributed by atoms with Crippen LogP contribution in [0.2, 0.25) is 0 Å². The second-order valence-electron chi connectivity index (χ2n) is 5.72. The fraction of sp³-hybridized carbons (Fsp3) is 0.643. The Balaban J connectivity index is 1.58. The number of tetrazole rings is 1. The average Bonchev–Trinajstić information content (AvgIpc) is 3.10. The molecule has 10 nitrogen and oxygen atoms in total. The van der Waals surface area contributed by atoms with Crippen LogP contribution in [0.5, 0.6) is 0 Å². The van der Waals surface area contributed by atoms with Gasteiger partial charge in [0.05, 0.1) is 24.6 Å². The molecule has 0 amide bonds. The molecule has 1 aliphatic rings. The summed E-state index contributed by atoms with van der Waals surface area (Å²) in [5.41, 5.74) is 6.32. The summed E-state index contributed by atoms with van der Waals surface area (Å²) in [7, 11) is 0. The maximum Gasteiger partial charge on any atom is 0.268 e. The van der Waals surface area contributed by atoms with Crippen molar-refractivity contribution in [3.8, 4) is 0 Å². The van der Waals surface area contributed by atoms with Crippen molar-refractivity contribution >= 4 is 5.69 Å². The first-order valence-electron chi connectivity index (χ1n) is 8.11. The summed E-state index contributed by atoms with van der Waals surface area (Å²) in [6, 6.07) is 1.63. The third-order valence-electron chi connectivity index (χ3n) is 4.00. The van der Waals surface area contributed by atoms with Crippen LogP contribution in [0.4, 0.5) is 5.69 Å². The zero-order valence-corrected chi connectivity index (χ0v) is 13.5. The third kappa shape index (κ3) is 4.15. The van der Waals surface area contributed by atoms with E-state index in [-0.39, 0.29) is 11.7 Å². The van der Waals surface area contributed by atoms with Gasteiger partial charge in [-0.15, -0.1) is 5.10 Å². The Kier molecular flexibility index (Phi) is 5.49. The van der Waals surface area contributed by atoms with E-state index in [2.05, 4.69) is 25.5 Å². The fourth-order valence-corrected chi connectivity index (χ4v) is 2.74. The second kappa shape index (κ2) is 7.97. The number of aromatic nitrogens is 6. The highest BCUT2D eigenvalue weighted by Gasteiger charge is 2.20. The monoisotopic (exact) mass is 334 g/mol. The van der Waals surface area contributed by atoms with Crippen LogP contribution in [0.15, 0.2) is 23.4 Å². The van der Waals surface area contributed by atoms with Gasteiger partial charge in [-0.25, -0.2) is 9.36 Å². The van der Waals surface area contributed by atoms with E-state index in [9.17, 15) is 4.79 Å². The maximum absolute atomic E-state index is 12.3. The molecule has 3 heterocycles. The standard InChI is InChI=1S/C14H22N8O2/c15-3-2-13-10-20(6-7-24-13)12-8-14(23)22(17-9-12)5-1-4-21-11-16-18-19-21/h8-9,11,13H,1-7,10,15H2. The highest BCUT2D eigenvalue weighted by Crippen LogP contribution is 2.16. The number of nitrogens with zero attached hydrogens (tertiary/aromatic N) is 7. The molecule has 2 aromatic heterocycles. The first kappa shape index (κ1) is 16.5. The molecule has 0 saturated carbocycles. The van der Waals surface area contributed by atoms with Crippen LogP contribution in [0.25, 0.3) is 0 Å². The number of ether oxygens (including phenoxy) is 1. The fourth-order valence-electron chi connectivity index (χ4n) is 2.74. The van der Waals surface area contributed by atoms with Crippen LogP contribution in [0.3, 0.4) is 0 Å². The summed E-state index contributed by atoms with van der Waals surface area (Å²) in [6.45, 7) is 3.90. The number of hydrogen-bond donors (Lipinski definition) is 1. The van der Waals surface area contributed by atoms with E-state index in [0.29, 0.717) is 26.2 Å². The van der Waals surface area contributed by atoms with Crippen molar-refractivity contribution in [3.63, 3.8) is 0 Å². The summed E-state index contributed by atoms with van der Waals surface area (Å²) < 4.78 is 8.76. The normalized spacial score (nSPS) is 18.0. The van der Waals surface area contributed by atoms with E-state index in [1.807, 2.05) is 0 Å². The smallest absolute Gasteiger partial charge is 0.268 e. The molecule has 0 aromatic carbocycles. The molecule has 0 radical (unpaired) electrons. The summed E-state index contributed by atoms with van der Waals surface area (Å²) in [5, 5.41) is 15.2. The molecule has 2 N–H and O–H groups in total. The second-order valence-corrected chi connectivity index (χ2v) is 5.72. The predicted octanol–water partition coefficient (Wildman–Crippen LogP) is -1.13. The van der Waals surface area contributed by atoms with Crippen molar-refractivity contribution in [1.29, 1.82) is 0 Å². The Morgan fingerprint density at radius 3 is 3.04 bits per heavy atom.